The van der Waals surface area contributed by atoms with Gasteiger partial charge >= 0.3 is 0 Å². The van der Waals surface area contributed by atoms with Gasteiger partial charge in [0.1, 0.15) is 5.65 Å². The average Bonchev–Trinajstić information content (AvgIpc) is 3.61. The van der Waals surface area contributed by atoms with Gasteiger partial charge in [-0.1, -0.05) is 164 Å². The van der Waals surface area contributed by atoms with E-state index in [1.54, 1.807) is 0 Å². The van der Waals surface area contributed by atoms with Gasteiger partial charge < -0.3 is 4.57 Å². The maximum atomic E-state index is 14.9. The molecule has 0 fully saturated rings. The predicted molar refractivity (Wildman–Crippen MR) is 215 cm³/mol. The van der Waals surface area contributed by atoms with Crippen LogP contribution in [0.15, 0.2) is 188 Å². The molecule has 0 amide bonds. The molecular weight excluding hydrogens is 640 g/mol. The molecule has 0 aliphatic carbocycles. The van der Waals surface area contributed by atoms with Crippen LogP contribution in [-0.2, 0) is 4.57 Å². The molecule has 8 aromatic carbocycles. The van der Waals surface area contributed by atoms with Crippen LogP contribution in [0.4, 0.5) is 0 Å². The first-order valence-corrected chi connectivity index (χ1v) is 18.9. The van der Waals surface area contributed by atoms with E-state index in [-0.39, 0.29) is 0 Å². The molecule has 0 radical (unpaired) electrons. The number of hydrogen-bond acceptors (Lipinski definition) is 2. The minimum absolute atomic E-state index is 0.828. The van der Waals surface area contributed by atoms with Crippen molar-refractivity contribution in [1.29, 1.82) is 0 Å². The summed E-state index contributed by atoms with van der Waals surface area (Å²) in [6.45, 7) is 0. The molecule has 0 saturated heterocycles. The average molecular weight is 671 g/mol. The lowest BCUT2D eigenvalue weighted by molar-refractivity contribution is 0.592. The van der Waals surface area contributed by atoms with Crippen molar-refractivity contribution in [2.24, 2.45) is 0 Å². The van der Waals surface area contributed by atoms with Crippen LogP contribution in [0.25, 0.3) is 71.4 Å². The Bertz CT molecular complexity index is 2940. The molecule has 0 spiro atoms. The lowest BCUT2D eigenvalue weighted by Crippen LogP contribution is -2.24. The Morgan fingerprint density at radius 3 is 1.73 bits per heavy atom. The Balaban J connectivity index is 1.07. The smallest absolute Gasteiger partial charge is 0.171 e. The Labute approximate surface area is 295 Å². The molecule has 10 aromatic rings. The minimum Gasteiger partial charge on any atom is -0.309 e. The molecule has 2 aromatic heterocycles. The molecule has 4 heteroatoms. The van der Waals surface area contributed by atoms with Crippen LogP contribution in [0.3, 0.4) is 0 Å². The number of hydrogen-bond donors (Lipinski definition) is 0. The van der Waals surface area contributed by atoms with Gasteiger partial charge in [0.05, 0.1) is 16.6 Å². The standard InChI is InChI=1S/C47H31N2OP/c50-51(37-14-3-1-4-15-37,38-16-5-2-6-17-38)39-26-22-32(23-27-39)33-12-11-13-34(30-33)35-24-28-40-36(31-35)25-29-42-41-18-7-8-19-43(41)47-48-44-20-9-10-21-45(44)49(47)46(40)42/h1-31H. The van der Waals surface area contributed by atoms with Gasteiger partial charge in [-0.05, 0) is 57.3 Å². The van der Waals surface area contributed by atoms with E-state index in [4.69, 9.17) is 4.98 Å². The second-order valence-electron chi connectivity index (χ2n) is 13.1. The molecule has 0 atom stereocenters. The quantitative estimate of drug-likeness (QED) is 0.135. The van der Waals surface area contributed by atoms with Crippen LogP contribution >= 0.6 is 7.14 Å². The molecular formula is C47H31N2OP. The molecule has 0 N–H and O–H groups in total. The number of aromatic nitrogens is 2. The van der Waals surface area contributed by atoms with E-state index >= 15 is 0 Å². The lowest BCUT2D eigenvalue weighted by atomic mass is 9.95. The van der Waals surface area contributed by atoms with Crippen molar-refractivity contribution in [1.82, 2.24) is 9.38 Å². The van der Waals surface area contributed by atoms with Crippen molar-refractivity contribution < 1.29 is 4.57 Å². The second-order valence-corrected chi connectivity index (χ2v) is 15.9. The van der Waals surface area contributed by atoms with Crippen LogP contribution in [0, 0.1) is 0 Å². The number of nitrogens with zero attached hydrogens (tertiary/aromatic N) is 2. The summed E-state index contributed by atoms with van der Waals surface area (Å²) < 4.78 is 17.2. The molecule has 2 heterocycles. The van der Waals surface area contributed by atoms with E-state index in [2.05, 4.69) is 120 Å². The summed E-state index contributed by atoms with van der Waals surface area (Å²) in [7, 11) is -3.03. The summed E-state index contributed by atoms with van der Waals surface area (Å²) in [4.78, 5) is 5.10. The van der Waals surface area contributed by atoms with Gasteiger partial charge in [-0.25, -0.2) is 4.98 Å². The van der Waals surface area contributed by atoms with E-state index < -0.39 is 7.14 Å². The number of imidazole rings is 1. The number of fused-ring (bicyclic) bond motifs is 10. The van der Waals surface area contributed by atoms with E-state index in [1.807, 2.05) is 72.8 Å². The van der Waals surface area contributed by atoms with Gasteiger partial charge in [0.15, 0.2) is 7.14 Å². The first kappa shape index (κ1) is 29.6. The zero-order valence-electron chi connectivity index (χ0n) is 27.6. The highest BCUT2D eigenvalue weighted by molar-refractivity contribution is 7.85. The number of rotatable bonds is 5. The van der Waals surface area contributed by atoms with Gasteiger partial charge in [0.25, 0.3) is 0 Å². The van der Waals surface area contributed by atoms with Crippen LogP contribution < -0.4 is 15.9 Å². The molecule has 240 valence electrons. The number of pyridine rings is 1. The van der Waals surface area contributed by atoms with Crippen LogP contribution in [0.5, 0.6) is 0 Å². The van der Waals surface area contributed by atoms with Crippen LogP contribution in [0.2, 0.25) is 0 Å². The Morgan fingerprint density at radius 1 is 0.412 bits per heavy atom. The first-order chi connectivity index (χ1) is 25.2. The Kier molecular flexibility index (Phi) is 6.77. The van der Waals surface area contributed by atoms with Crippen LogP contribution in [0.1, 0.15) is 0 Å². The van der Waals surface area contributed by atoms with E-state index in [0.29, 0.717) is 0 Å². The SMILES string of the molecule is O=P(c1ccccc1)(c1ccccc1)c1ccc(-c2cccc(-c3ccc4c(ccc5c6ccccc6c6nc7ccccc7n6c45)c3)c2)cc1. The molecule has 0 saturated carbocycles. The summed E-state index contributed by atoms with van der Waals surface area (Å²) in [5.41, 5.74) is 8.78. The van der Waals surface area contributed by atoms with Crippen molar-refractivity contribution >= 4 is 72.2 Å². The van der Waals surface area contributed by atoms with Crippen molar-refractivity contribution in [3.05, 3.63) is 188 Å². The highest BCUT2D eigenvalue weighted by Crippen LogP contribution is 2.43. The monoisotopic (exact) mass is 670 g/mol. The second kappa shape index (κ2) is 11.7. The molecule has 0 aliphatic rings. The van der Waals surface area contributed by atoms with Crippen molar-refractivity contribution in [2.75, 3.05) is 0 Å². The fraction of sp³-hybridized carbons (Fsp3) is 0. The van der Waals surface area contributed by atoms with E-state index in [9.17, 15) is 4.57 Å². The van der Waals surface area contributed by atoms with Gasteiger partial charge in [-0.15, -0.1) is 0 Å². The molecule has 3 nitrogen and oxygen atoms in total. The third-order valence-corrected chi connectivity index (χ3v) is 13.3. The Hall–Kier alpha value is -6.28. The zero-order chi connectivity index (χ0) is 33.9. The normalized spacial score (nSPS) is 12.0. The number of para-hydroxylation sites is 2. The highest BCUT2D eigenvalue weighted by Gasteiger charge is 2.29. The van der Waals surface area contributed by atoms with E-state index in [0.717, 1.165) is 60.2 Å². The van der Waals surface area contributed by atoms with Crippen LogP contribution in [-0.4, -0.2) is 9.38 Å². The summed E-state index contributed by atoms with van der Waals surface area (Å²) in [6.07, 6.45) is 0. The number of benzene rings is 8. The molecule has 51 heavy (non-hydrogen) atoms. The van der Waals surface area contributed by atoms with Crippen molar-refractivity contribution in [3.63, 3.8) is 0 Å². The summed E-state index contributed by atoms with van der Waals surface area (Å²) >= 11 is 0. The van der Waals surface area contributed by atoms with Crippen molar-refractivity contribution in [2.45, 2.75) is 0 Å². The summed E-state index contributed by atoms with van der Waals surface area (Å²) in [5, 5.41) is 8.47. The zero-order valence-corrected chi connectivity index (χ0v) is 28.5. The largest absolute Gasteiger partial charge is 0.309 e. The third-order valence-electron chi connectivity index (χ3n) is 10.2. The highest BCUT2D eigenvalue weighted by atomic mass is 31.2. The molecule has 0 aliphatic heterocycles. The molecule has 0 bridgehead atoms. The van der Waals surface area contributed by atoms with Gasteiger partial charge in [0, 0.05) is 32.1 Å². The molecule has 0 unspecified atom stereocenters. The summed E-state index contributed by atoms with van der Waals surface area (Å²) in [6, 6.07) is 64.9. The Morgan fingerprint density at radius 2 is 0.980 bits per heavy atom. The third kappa shape index (κ3) is 4.66. The fourth-order valence-corrected chi connectivity index (χ4v) is 10.4. The fourth-order valence-electron chi connectivity index (χ4n) is 7.76. The summed E-state index contributed by atoms with van der Waals surface area (Å²) in [5.74, 6) is 0. The van der Waals surface area contributed by atoms with Gasteiger partial charge in [-0.2, -0.15) is 0 Å². The first-order valence-electron chi connectivity index (χ1n) is 17.2. The lowest BCUT2D eigenvalue weighted by Gasteiger charge is -2.20. The van der Waals surface area contributed by atoms with Crippen molar-refractivity contribution in [3.8, 4) is 22.3 Å². The van der Waals surface area contributed by atoms with Gasteiger partial charge in [-0.3, -0.25) is 4.40 Å². The maximum Gasteiger partial charge on any atom is 0.171 e. The van der Waals surface area contributed by atoms with Gasteiger partial charge in [0.2, 0.25) is 0 Å². The topological polar surface area (TPSA) is 34.4 Å². The minimum atomic E-state index is -3.03. The maximum absolute atomic E-state index is 14.9. The molecule has 10 rings (SSSR count). The predicted octanol–water partition coefficient (Wildman–Crippen LogP) is 10.9. The van der Waals surface area contributed by atoms with E-state index in [1.165, 1.54) is 27.1 Å².